The van der Waals surface area contributed by atoms with Gasteiger partial charge in [-0.15, -0.1) is 0 Å². The summed E-state index contributed by atoms with van der Waals surface area (Å²) in [6, 6.07) is 15.7. The second-order valence-corrected chi connectivity index (χ2v) is 10.6. The number of anilines is 1. The average molecular weight is 457 g/mol. The first kappa shape index (κ1) is 22.7. The molecule has 0 saturated carbocycles. The normalized spacial score (nSPS) is 17.6. The van der Waals surface area contributed by atoms with Crippen molar-refractivity contribution in [3.05, 3.63) is 65.7 Å². The molecule has 6 heteroatoms. The fourth-order valence-corrected chi connectivity index (χ4v) is 4.87. The summed E-state index contributed by atoms with van der Waals surface area (Å²) in [6.45, 7) is 15.1. The Bertz CT molecular complexity index is 1260. The summed E-state index contributed by atoms with van der Waals surface area (Å²) in [5.41, 5.74) is 7.17. The van der Waals surface area contributed by atoms with E-state index in [2.05, 4.69) is 102 Å². The zero-order valence-electron chi connectivity index (χ0n) is 21.0. The monoisotopic (exact) mass is 456 g/mol. The maximum Gasteiger partial charge on any atom is 0.138 e. The Morgan fingerprint density at radius 3 is 2.50 bits per heavy atom. The molecule has 1 saturated heterocycles. The second-order valence-electron chi connectivity index (χ2n) is 10.6. The molecular formula is C28H36N6. The van der Waals surface area contributed by atoms with E-state index < -0.39 is 0 Å². The molecule has 3 heterocycles. The van der Waals surface area contributed by atoms with Gasteiger partial charge in [0, 0.05) is 56.1 Å². The van der Waals surface area contributed by atoms with Crippen molar-refractivity contribution in [2.45, 2.75) is 59.0 Å². The van der Waals surface area contributed by atoms with Gasteiger partial charge in [-0.05, 0) is 30.0 Å². The first-order chi connectivity index (χ1) is 16.3. The fraction of sp³-hybridized carbons (Fsp3) is 0.429. The van der Waals surface area contributed by atoms with Crippen LogP contribution in [0.3, 0.4) is 0 Å². The summed E-state index contributed by atoms with van der Waals surface area (Å²) in [4.78, 5) is 21.5. The van der Waals surface area contributed by atoms with E-state index in [0.29, 0.717) is 6.04 Å². The van der Waals surface area contributed by atoms with Gasteiger partial charge in [0.1, 0.15) is 17.2 Å². The molecular weight excluding hydrogens is 420 g/mol. The molecule has 1 aliphatic rings. The van der Waals surface area contributed by atoms with Crippen LogP contribution >= 0.6 is 0 Å². The Labute approximate surface area is 202 Å². The maximum absolute atomic E-state index is 5.05. The number of nitrogens with zero attached hydrogens (tertiary/aromatic N) is 4. The molecule has 1 atom stereocenters. The number of hydrogen-bond acceptors (Lipinski definition) is 4. The summed E-state index contributed by atoms with van der Waals surface area (Å²) >= 11 is 0. The van der Waals surface area contributed by atoms with Gasteiger partial charge in [0.2, 0.25) is 0 Å². The van der Waals surface area contributed by atoms with Crippen molar-refractivity contribution < 1.29 is 0 Å². The summed E-state index contributed by atoms with van der Waals surface area (Å²) < 4.78 is 0. The first-order valence-electron chi connectivity index (χ1n) is 12.4. The van der Waals surface area contributed by atoms with Gasteiger partial charge in [-0.25, -0.2) is 9.97 Å². The Balaban J connectivity index is 1.35. The standard InChI is InChI=1S/C28H36N6/c1-6-25-29-16-22(30-25)18-33-14-15-34(17-19(33)2)24-9-7-8-23-26(24)32-27(31-23)20-10-12-21(13-11-20)28(3,4)5/h7-13,16,19H,6,14-15,17-18H2,1-5H3,(H,29,30)(H,31,32)/t19-/m1/s1. The number of aromatic amines is 2. The number of piperazine rings is 1. The number of benzene rings is 2. The van der Waals surface area contributed by atoms with Crippen LogP contribution < -0.4 is 4.90 Å². The van der Waals surface area contributed by atoms with Crippen LogP contribution in [0.2, 0.25) is 0 Å². The highest BCUT2D eigenvalue weighted by molar-refractivity contribution is 5.91. The molecule has 0 amide bonds. The summed E-state index contributed by atoms with van der Waals surface area (Å²) in [6.07, 6.45) is 2.93. The summed E-state index contributed by atoms with van der Waals surface area (Å²) in [5.74, 6) is 2.00. The number of hydrogen-bond donors (Lipinski definition) is 2. The van der Waals surface area contributed by atoms with Crippen molar-refractivity contribution in [2.24, 2.45) is 0 Å². The second kappa shape index (κ2) is 8.91. The Hall–Kier alpha value is -3.12. The molecule has 4 aromatic rings. The Kier molecular flexibility index (Phi) is 5.94. The summed E-state index contributed by atoms with van der Waals surface area (Å²) in [5, 5.41) is 0. The maximum atomic E-state index is 5.05. The lowest BCUT2D eigenvalue weighted by Gasteiger charge is -2.40. The minimum absolute atomic E-state index is 0.147. The van der Waals surface area contributed by atoms with Gasteiger partial charge in [0.05, 0.1) is 11.2 Å². The van der Waals surface area contributed by atoms with Crippen LogP contribution in [0, 0.1) is 0 Å². The van der Waals surface area contributed by atoms with Gasteiger partial charge in [0.15, 0.2) is 0 Å². The number of aryl methyl sites for hydroxylation is 1. The van der Waals surface area contributed by atoms with E-state index in [1.165, 1.54) is 16.9 Å². The average Bonchev–Trinajstić information content (AvgIpc) is 3.46. The summed E-state index contributed by atoms with van der Waals surface area (Å²) in [7, 11) is 0. The Morgan fingerprint density at radius 1 is 1.03 bits per heavy atom. The third-order valence-electron chi connectivity index (χ3n) is 7.01. The number of nitrogens with one attached hydrogen (secondary N) is 2. The SMILES string of the molecule is CCc1ncc(CN2CCN(c3cccc4[nH]c(-c5ccc(C(C)(C)C)cc5)nc34)C[C@H]2C)[nH]1. The third-order valence-corrected chi connectivity index (χ3v) is 7.01. The number of fused-ring (bicyclic) bond motifs is 1. The van der Waals surface area contributed by atoms with E-state index in [1.807, 2.05) is 6.20 Å². The van der Waals surface area contributed by atoms with Crippen LogP contribution in [-0.2, 0) is 18.4 Å². The van der Waals surface area contributed by atoms with E-state index in [-0.39, 0.29) is 5.41 Å². The molecule has 178 valence electrons. The predicted molar refractivity (Wildman–Crippen MR) is 140 cm³/mol. The molecule has 1 fully saturated rings. The molecule has 5 rings (SSSR count). The lowest BCUT2D eigenvalue weighted by atomic mass is 9.87. The van der Waals surface area contributed by atoms with Gasteiger partial charge in [-0.1, -0.05) is 58.0 Å². The minimum atomic E-state index is 0.147. The fourth-order valence-electron chi connectivity index (χ4n) is 4.87. The van der Waals surface area contributed by atoms with Gasteiger partial charge in [-0.3, -0.25) is 4.90 Å². The molecule has 2 N–H and O–H groups in total. The number of H-pyrrole nitrogens is 2. The molecule has 6 nitrogen and oxygen atoms in total. The molecule has 1 aliphatic heterocycles. The van der Waals surface area contributed by atoms with E-state index in [0.717, 1.165) is 60.8 Å². The van der Waals surface area contributed by atoms with Crippen molar-refractivity contribution in [2.75, 3.05) is 24.5 Å². The van der Waals surface area contributed by atoms with Crippen molar-refractivity contribution in [1.29, 1.82) is 0 Å². The number of rotatable bonds is 5. The van der Waals surface area contributed by atoms with E-state index in [4.69, 9.17) is 4.98 Å². The van der Waals surface area contributed by atoms with Gasteiger partial charge in [-0.2, -0.15) is 0 Å². The van der Waals surface area contributed by atoms with Gasteiger partial charge in [0.25, 0.3) is 0 Å². The number of imidazole rings is 2. The molecule has 0 spiro atoms. The third kappa shape index (κ3) is 4.47. The van der Waals surface area contributed by atoms with Crippen LogP contribution in [0.25, 0.3) is 22.4 Å². The lowest BCUT2D eigenvalue weighted by Crippen LogP contribution is -2.51. The molecule has 0 aliphatic carbocycles. The zero-order valence-corrected chi connectivity index (χ0v) is 21.0. The van der Waals surface area contributed by atoms with E-state index in [9.17, 15) is 0 Å². The van der Waals surface area contributed by atoms with Crippen LogP contribution in [-0.4, -0.2) is 50.5 Å². The molecule has 34 heavy (non-hydrogen) atoms. The molecule has 2 aromatic heterocycles. The lowest BCUT2D eigenvalue weighted by molar-refractivity contribution is 0.179. The highest BCUT2D eigenvalue weighted by Crippen LogP contribution is 2.31. The van der Waals surface area contributed by atoms with Crippen LogP contribution in [0.5, 0.6) is 0 Å². The van der Waals surface area contributed by atoms with Crippen molar-refractivity contribution >= 4 is 16.7 Å². The van der Waals surface area contributed by atoms with Gasteiger partial charge < -0.3 is 14.9 Å². The van der Waals surface area contributed by atoms with Crippen molar-refractivity contribution in [3.63, 3.8) is 0 Å². The topological polar surface area (TPSA) is 63.8 Å². The smallest absolute Gasteiger partial charge is 0.138 e. The van der Waals surface area contributed by atoms with Crippen molar-refractivity contribution in [3.8, 4) is 11.4 Å². The minimum Gasteiger partial charge on any atom is -0.367 e. The van der Waals surface area contributed by atoms with Gasteiger partial charge >= 0.3 is 0 Å². The first-order valence-corrected chi connectivity index (χ1v) is 12.4. The predicted octanol–water partition coefficient (Wildman–Crippen LogP) is 5.52. The van der Waals surface area contributed by atoms with Crippen LogP contribution in [0.4, 0.5) is 5.69 Å². The molecule has 0 radical (unpaired) electrons. The number of aromatic nitrogens is 4. The zero-order chi connectivity index (χ0) is 23.9. The largest absolute Gasteiger partial charge is 0.367 e. The van der Waals surface area contributed by atoms with Crippen molar-refractivity contribution in [1.82, 2.24) is 24.8 Å². The number of para-hydroxylation sites is 1. The molecule has 0 bridgehead atoms. The molecule has 2 aromatic carbocycles. The quantitative estimate of drug-likeness (QED) is 0.415. The molecule has 0 unspecified atom stereocenters. The van der Waals surface area contributed by atoms with Crippen LogP contribution in [0.15, 0.2) is 48.7 Å². The highest BCUT2D eigenvalue weighted by Gasteiger charge is 2.26. The van der Waals surface area contributed by atoms with Crippen LogP contribution in [0.1, 0.15) is 51.7 Å². The highest BCUT2D eigenvalue weighted by atomic mass is 15.3. The van der Waals surface area contributed by atoms with E-state index in [1.54, 1.807) is 0 Å². The van der Waals surface area contributed by atoms with E-state index >= 15 is 0 Å². The Morgan fingerprint density at radius 2 is 1.82 bits per heavy atom.